The molecule has 2 heterocycles. The molecule has 3 rings (SSSR count). The molecule has 6 nitrogen and oxygen atoms in total. The molecule has 1 aliphatic heterocycles. The Morgan fingerprint density at radius 1 is 1.36 bits per heavy atom. The zero-order chi connectivity index (χ0) is 17.6. The van der Waals surface area contributed by atoms with Crippen molar-refractivity contribution in [1.82, 2.24) is 19.8 Å². The number of rotatable bonds is 6. The van der Waals surface area contributed by atoms with E-state index in [9.17, 15) is 4.79 Å². The molecule has 0 radical (unpaired) electrons. The van der Waals surface area contributed by atoms with Gasteiger partial charge in [0.2, 0.25) is 0 Å². The molecule has 6 heteroatoms. The lowest BCUT2D eigenvalue weighted by atomic mass is 10.2. The van der Waals surface area contributed by atoms with Crippen molar-refractivity contribution in [2.75, 3.05) is 32.8 Å². The lowest BCUT2D eigenvalue weighted by Crippen LogP contribution is -2.48. The fourth-order valence-corrected chi connectivity index (χ4v) is 3.14. The van der Waals surface area contributed by atoms with Crippen molar-refractivity contribution in [3.63, 3.8) is 0 Å². The molecule has 0 spiro atoms. The van der Waals surface area contributed by atoms with Crippen LogP contribution >= 0.6 is 0 Å². The van der Waals surface area contributed by atoms with Crippen LogP contribution in [0.3, 0.4) is 0 Å². The van der Waals surface area contributed by atoms with Gasteiger partial charge in [-0.2, -0.15) is 0 Å². The second-order valence-corrected chi connectivity index (χ2v) is 6.84. The Morgan fingerprint density at radius 2 is 2.16 bits per heavy atom. The number of nitrogens with zero attached hydrogens (tertiary/aromatic N) is 3. The molecular weight excluding hydrogens is 316 g/mol. The van der Waals surface area contributed by atoms with Crippen LogP contribution in [-0.2, 0) is 4.74 Å². The molecule has 1 amide bonds. The number of hydrogen-bond donors (Lipinski definition) is 1. The lowest BCUT2D eigenvalue weighted by molar-refractivity contribution is -0.0296. The summed E-state index contributed by atoms with van der Waals surface area (Å²) in [6.45, 7) is 8.55. The van der Waals surface area contributed by atoms with Gasteiger partial charge in [0.15, 0.2) is 0 Å². The maximum absolute atomic E-state index is 12.6. The molecule has 1 saturated heterocycles. The van der Waals surface area contributed by atoms with Gasteiger partial charge >= 0.3 is 0 Å². The highest BCUT2D eigenvalue weighted by molar-refractivity contribution is 5.93. The Hall–Kier alpha value is -2.18. The van der Waals surface area contributed by atoms with Gasteiger partial charge in [0.25, 0.3) is 5.91 Å². The number of morpholine rings is 1. The summed E-state index contributed by atoms with van der Waals surface area (Å²) < 4.78 is 7.59. The zero-order valence-electron chi connectivity index (χ0n) is 14.9. The highest BCUT2D eigenvalue weighted by Gasteiger charge is 2.22. The number of hydrogen-bond acceptors (Lipinski definition) is 4. The van der Waals surface area contributed by atoms with E-state index in [4.69, 9.17) is 4.74 Å². The maximum atomic E-state index is 12.6. The first-order valence-electron chi connectivity index (χ1n) is 8.83. The molecule has 2 aromatic rings. The maximum Gasteiger partial charge on any atom is 0.270 e. The molecule has 0 aliphatic carbocycles. The normalized spacial score (nSPS) is 18.4. The summed E-state index contributed by atoms with van der Waals surface area (Å²) in [5.41, 5.74) is 1.45. The van der Waals surface area contributed by atoms with Crippen LogP contribution < -0.4 is 5.32 Å². The van der Waals surface area contributed by atoms with Crippen LogP contribution in [-0.4, -0.2) is 59.2 Å². The summed E-state index contributed by atoms with van der Waals surface area (Å²) in [5, 5.41) is 2.99. The van der Waals surface area contributed by atoms with Gasteiger partial charge < -0.3 is 10.1 Å². The SMILES string of the molecule is CC(C)CN1CCOC(CNC(=O)c2cncn2-c2ccccc2)C1. The summed E-state index contributed by atoms with van der Waals surface area (Å²) in [5.74, 6) is 0.500. The number of imidazole rings is 1. The molecule has 0 saturated carbocycles. The van der Waals surface area contributed by atoms with E-state index >= 15 is 0 Å². The summed E-state index contributed by atoms with van der Waals surface area (Å²) in [6.07, 6.45) is 3.28. The van der Waals surface area contributed by atoms with Gasteiger partial charge in [-0.25, -0.2) is 4.98 Å². The van der Waals surface area contributed by atoms with Crippen LogP contribution in [0, 0.1) is 5.92 Å². The molecule has 1 aromatic heterocycles. The Morgan fingerprint density at radius 3 is 2.92 bits per heavy atom. The van der Waals surface area contributed by atoms with Crippen LogP contribution in [0.1, 0.15) is 24.3 Å². The Balaban J connectivity index is 1.58. The van der Waals surface area contributed by atoms with Crippen LogP contribution in [0.4, 0.5) is 0 Å². The predicted molar refractivity (Wildman–Crippen MR) is 96.9 cm³/mol. The Bertz CT molecular complexity index is 684. The van der Waals surface area contributed by atoms with Crippen LogP contribution in [0.25, 0.3) is 5.69 Å². The first kappa shape index (κ1) is 17.6. The van der Waals surface area contributed by atoms with E-state index in [-0.39, 0.29) is 12.0 Å². The van der Waals surface area contributed by atoms with Crippen LogP contribution in [0.2, 0.25) is 0 Å². The van der Waals surface area contributed by atoms with Gasteiger partial charge in [-0.15, -0.1) is 0 Å². The molecule has 1 fully saturated rings. The number of para-hydroxylation sites is 1. The first-order chi connectivity index (χ1) is 12.1. The zero-order valence-corrected chi connectivity index (χ0v) is 14.9. The number of aromatic nitrogens is 2. The molecule has 1 aromatic carbocycles. The van der Waals surface area contributed by atoms with Gasteiger partial charge in [-0.1, -0.05) is 32.0 Å². The topological polar surface area (TPSA) is 59.4 Å². The average Bonchev–Trinajstić information content (AvgIpc) is 3.10. The van der Waals surface area contributed by atoms with Crippen molar-refractivity contribution in [3.8, 4) is 5.69 Å². The van der Waals surface area contributed by atoms with E-state index in [0.717, 1.165) is 31.9 Å². The summed E-state index contributed by atoms with van der Waals surface area (Å²) >= 11 is 0. The molecular formula is C19H26N4O2. The number of carbonyl (C=O) groups excluding carboxylic acids is 1. The third-order valence-electron chi connectivity index (χ3n) is 4.24. The van der Waals surface area contributed by atoms with E-state index in [2.05, 4.69) is 29.0 Å². The molecule has 134 valence electrons. The van der Waals surface area contributed by atoms with Gasteiger partial charge in [-0.3, -0.25) is 14.3 Å². The third-order valence-corrected chi connectivity index (χ3v) is 4.24. The standard InChI is InChI=1S/C19H26N4O2/c1-15(2)12-22-8-9-25-17(13-22)10-21-19(24)18-11-20-14-23(18)16-6-4-3-5-7-16/h3-7,11,14-15,17H,8-10,12-13H2,1-2H3,(H,21,24). The number of nitrogens with one attached hydrogen (secondary N) is 1. The minimum Gasteiger partial charge on any atom is -0.374 e. The number of ether oxygens (including phenoxy) is 1. The fourth-order valence-electron chi connectivity index (χ4n) is 3.14. The molecule has 1 unspecified atom stereocenters. The minimum atomic E-state index is -0.133. The van der Waals surface area contributed by atoms with Gasteiger partial charge in [0, 0.05) is 31.9 Å². The van der Waals surface area contributed by atoms with E-state index in [1.54, 1.807) is 17.1 Å². The van der Waals surface area contributed by atoms with E-state index < -0.39 is 0 Å². The highest BCUT2D eigenvalue weighted by atomic mass is 16.5. The Kier molecular flexibility index (Phi) is 5.83. The molecule has 1 N–H and O–H groups in total. The largest absolute Gasteiger partial charge is 0.374 e. The smallest absolute Gasteiger partial charge is 0.270 e. The lowest BCUT2D eigenvalue weighted by Gasteiger charge is -2.33. The summed E-state index contributed by atoms with van der Waals surface area (Å²) in [6, 6.07) is 9.73. The molecule has 0 bridgehead atoms. The second kappa shape index (κ2) is 8.27. The molecule has 1 aliphatic rings. The number of benzene rings is 1. The second-order valence-electron chi connectivity index (χ2n) is 6.84. The van der Waals surface area contributed by atoms with E-state index in [1.807, 2.05) is 30.3 Å². The first-order valence-corrected chi connectivity index (χ1v) is 8.83. The van der Waals surface area contributed by atoms with Gasteiger partial charge in [0.05, 0.1) is 25.2 Å². The van der Waals surface area contributed by atoms with Gasteiger partial charge in [0.1, 0.15) is 5.69 Å². The quantitative estimate of drug-likeness (QED) is 0.872. The monoisotopic (exact) mass is 342 g/mol. The van der Waals surface area contributed by atoms with Crippen molar-refractivity contribution in [2.24, 2.45) is 5.92 Å². The van der Waals surface area contributed by atoms with Crippen molar-refractivity contribution in [3.05, 3.63) is 48.5 Å². The summed E-state index contributed by atoms with van der Waals surface area (Å²) in [7, 11) is 0. The van der Waals surface area contributed by atoms with E-state index in [1.165, 1.54) is 0 Å². The number of amides is 1. The molecule has 25 heavy (non-hydrogen) atoms. The minimum absolute atomic E-state index is 0.0320. The average molecular weight is 342 g/mol. The van der Waals surface area contributed by atoms with Crippen molar-refractivity contribution in [2.45, 2.75) is 20.0 Å². The van der Waals surface area contributed by atoms with E-state index in [0.29, 0.717) is 18.2 Å². The molecule has 1 atom stereocenters. The fraction of sp³-hybridized carbons (Fsp3) is 0.474. The third kappa shape index (κ3) is 4.67. The van der Waals surface area contributed by atoms with Gasteiger partial charge in [-0.05, 0) is 18.1 Å². The van der Waals surface area contributed by atoms with Crippen molar-refractivity contribution < 1.29 is 9.53 Å². The Labute approximate surface area is 148 Å². The number of carbonyl (C=O) groups is 1. The highest BCUT2D eigenvalue weighted by Crippen LogP contribution is 2.11. The summed E-state index contributed by atoms with van der Waals surface area (Å²) in [4.78, 5) is 19.1. The van der Waals surface area contributed by atoms with Crippen molar-refractivity contribution >= 4 is 5.91 Å². The van der Waals surface area contributed by atoms with Crippen LogP contribution in [0.5, 0.6) is 0 Å². The van der Waals surface area contributed by atoms with Crippen LogP contribution in [0.15, 0.2) is 42.9 Å². The van der Waals surface area contributed by atoms with Crippen molar-refractivity contribution in [1.29, 1.82) is 0 Å². The predicted octanol–water partition coefficient (Wildman–Crippen LogP) is 1.96.